The van der Waals surface area contributed by atoms with Crippen LogP contribution in [0.25, 0.3) is 11.2 Å². The van der Waals surface area contributed by atoms with E-state index in [1.165, 1.54) is 16.2 Å². The molecule has 4 aromatic rings. The average molecular weight is 463 g/mol. The first-order valence-corrected chi connectivity index (χ1v) is 10.7. The molecular weight excluding hydrogens is 438 g/mol. The van der Waals surface area contributed by atoms with Crippen molar-refractivity contribution in [1.29, 1.82) is 0 Å². The van der Waals surface area contributed by atoms with E-state index in [1.54, 1.807) is 24.7 Å². The van der Waals surface area contributed by atoms with Gasteiger partial charge in [-0.2, -0.15) is 10.1 Å². The van der Waals surface area contributed by atoms with Crippen molar-refractivity contribution >= 4 is 23.3 Å². The van der Waals surface area contributed by atoms with Crippen LogP contribution in [0.15, 0.2) is 63.5 Å². The van der Waals surface area contributed by atoms with Crippen LogP contribution >= 0.6 is 0 Å². The molecule has 3 heterocycles. The monoisotopic (exact) mass is 463 g/mol. The quantitative estimate of drug-likeness (QED) is 0.251. The van der Waals surface area contributed by atoms with Crippen LogP contribution in [-0.4, -0.2) is 48.1 Å². The maximum atomic E-state index is 12.6. The number of fused-ring (bicyclic) bond motifs is 1. The normalized spacial score (nSPS) is 12.3. The van der Waals surface area contributed by atoms with Crippen LogP contribution in [0.4, 0.5) is 5.95 Å². The first kappa shape index (κ1) is 22.9. The summed E-state index contributed by atoms with van der Waals surface area (Å²) >= 11 is 0. The van der Waals surface area contributed by atoms with Gasteiger partial charge in [-0.3, -0.25) is 19.3 Å². The number of aliphatic hydroxyl groups excluding tert-OH is 1. The Bertz CT molecular complexity index is 1420. The molecule has 0 spiro atoms. The lowest BCUT2D eigenvalue weighted by Crippen LogP contribution is -2.30. The van der Waals surface area contributed by atoms with E-state index in [9.17, 15) is 14.7 Å². The molecule has 0 bridgehead atoms. The molecule has 0 fully saturated rings. The maximum absolute atomic E-state index is 12.6. The van der Waals surface area contributed by atoms with Gasteiger partial charge in [-0.15, -0.1) is 0 Å². The van der Waals surface area contributed by atoms with Crippen LogP contribution in [-0.2, 0) is 20.0 Å². The van der Waals surface area contributed by atoms with E-state index >= 15 is 0 Å². The molecule has 1 aromatic carbocycles. The zero-order chi connectivity index (χ0) is 24.1. The summed E-state index contributed by atoms with van der Waals surface area (Å²) in [5, 5.41) is 14.8. The van der Waals surface area contributed by atoms with E-state index in [0.717, 1.165) is 17.5 Å². The van der Waals surface area contributed by atoms with Gasteiger partial charge in [0.2, 0.25) is 5.95 Å². The number of hydrogen-bond acceptors (Lipinski definition) is 8. The number of benzene rings is 1. The molecule has 0 unspecified atom stereocenters. The van der Waals surface area contributed by atoms with Crippen molar-refractivity contribution in [2.45, 2.75) is 26.0 Å². The highest BCUT2D eigenvalue weighted by Gasteiger charge is 2.20. The van der Waals surface area contributed by atoms with Gasteiger partial charge in [-0.25, -0.2) is 10.2 Å². The third kappa shape index (κ3) is 5.04. The summed E-state index contributed by atoms with van der Waals surface area (Å²) in [5.41, 5.74) is 3.76. The Morgan fingerprint density at radius 2 is 2.15 bits per heavy atom. The fraction of sp³-hybridized carbons (Fsp3) is 0.261. The molecule has 0 aliphatic carbocycles. The Balaban J connectivity index is 1.60. The molecule has 3 aromatic heterocycles. The molecule has 34 heavy (non-hydrogen) atoms. The van der Waals surface area contributed by atoms with E-state index in [1.807, 2.05) is 37.3 Å². The predicted molar refractivity (Wildman–Crippen MR) is 128 cm³/mol. The Kier molecular flexibility index (Phi) is 6.83. The summed E-state index contributed by atoms with van der Waals surface area (Å²) in [7, 11) is 1.50. The van der Waals surface area contributed by atoms with Crippen LogP contribution in [0, 0.1) is 0 Å². The summed E-state index contributed by atoms with van der Waals surface area (Å²) in [4.78, 5) is 35.3. The Morgan fingerprint density at radius 1 is 1.29 bits per heavy atom. The van der Waals surface area contributed by atoms with Gasteiger partial charge in [0.05, 0.1) is 12.8 Å². The van der Waals surface area contributed by atoms with Crippen LogP contribution in [0.1, 0.15) is 18.1 Å². The van der Waals surface area contributed by atoms with E-state index in [-0.39, 0.29) is 30.3 Å². The average Bonchev–Trinajstić information content (AvgIpc) is 3.20. The minimum Gasteiger partial charge on any atom is -0.491 e. The van der Waals surface area contributed by atoms with Crippen LogP contribution in [0.5, 0.6) is 5.75 Å². The SMILES string of the molecule is CCc1cccc(OC[C@H](O)Cn2c(N/N=C\c3cccnc3)nc3c2c(=O)[nH]c(=O)n3C)c1. The number of H-pyrrole nitrogens is 1. The van der Waals surface area contributed by atoms with Gasteiger partial charge in [0, 0.05) is 25.0 Å². The van der Waals surface area contributed by atoms with Gasteiger partial charge in [-0.1, -0.05) is 25.1 Å². The number of hydrogen-bond donors (Lipinski definition) is 3. The molecular formula is C23H25N7O4. The Labute approximate surface area is 194 Å². The zero-order valence-electron chi connectivity index (χ0n) is 18.8. The van der Waals surface area contributed by atoms with Crippen molar-refractivity contribution in [3.05, 3.63) is 80.8 Å². The number of anilines is 1. The molecule has 3 N–H and O–H groups in total. The molecule has 4 rings (SSSR count). The summed E-state index contributed by atoms with van der Waals surface area (Å²) < 4.78 is 8.44. The van der Waals surface area contributed by atoms with Crippen LogP contribution in [0.2, 0.25) is 0 Å². The van der Waals surface area contributed by atoms with E-state index in [4.69, 9.17) is 4.74 Å². The molecule has 11 heteroatoms. The van der Waals surface area contributed by atoms with Gasteiger partial charge < -0.3 is 14.4 Å². The molecule has 11 nitrogen and oxygen atoms in total. The fourth-order valence-electron chi connectivity index (χ4n) is 3.43. The van der Waals surface area contributed by atoms with Crippen molar-refractivity contribution in [2.24, 2.45) is 12.1 Å². The van der Waals surface area contributed by atoms with Gasteiger partial charge in [0.25, 0.3) is 5.56 Å². The standard InChI is InChI=1S/C23H25N7O4/c1-3-15-6-4-8-18(10-15)34-14-17(31)13-30-19-20(29(2)23(33)27-21(19)32)26-22(30)28-25-12-16-7-5-9-24-11-16/h4-12,17,31H,3,13-14H2,1-2H3,(H,26,28)(H,27,32,33)/b25-12-/t17-/m1/s1. The molecule has 1 atom stereocenters. The number of pyridine rings is 1. The van der Waals surface area contributed by atoms with Crippen molar-refractivity contribution < 1.29 is 9.84 Å². The number of nitrogens with zero attached hydrogens (tertiary/aromatic N) is 5. The number of rotatable bonds is 9. The van der Waals surface area contributed by atoms with Crippen molar-refractivity contribution in [2.75, 3.05) is 12.0 Å². The number of hydrazone groups is 1. The summed E-state index contributed by atoms with van der Waals surface area (Å²) in [6, 6.07) is 11.2. The second-order valence-electron chi connectivity index (χ2n) is 7.66. The highest BCUT2D eigenvalue weighted by Crippen LogP contribution is 2.18. The third-order valence-corrected chi connectivity index (χ3v) is 5.21. The summed E-state index contributed by atoms with van der Waals surface area (Å²) in [6.07, 6.45) is 4.73. The van der Waals surface area contributed by atoms with Gasteiger partial charge >= 0.3 is 5.69 Å². The molecule has 0 aliphatic heterocycles. The van der Waals surface area contributed by atoms with Crippen molar-refractivity contribution in [3.8, 4) is 5.75 Å². The lowest BCUT2D eigenvalue weighted by molar-refractivity contribution is 0.0938. The van der Waals surface area contributed by atoms with Crippen molar-refractivity contribution in [1.82, 2.24) is 24.1 Å². The number of aromatic amines is 1. The van der Waals surface area contributed by atoms with Crippen LogP contribution in [0.3, 0.4) is 0 Å². The molecule has 0 radical (unpaired) electrons. The predicted octanol–water partition coefficient (Wildman–Crippen LogP) is 1.27. The van der Waals surface area contributed by atoms with Gasteiger partial charge in [0.15, 0.2) is 11.2 Å². The highest BCUT2D eigenvalue weighted by atomic mass is 16.5. The lowest BCUT2D eigenvalue weighted by atomic mass is 10.2. The van der Waals surface area contributed by atoms with E-state index in [2.05, 4.69) is 25.5 Å². The first-order chi connectivity index (χ1) is 16.5. The minimum absolute atomic E-state index is 0.00506. The number of aromatic nitrogens is 5. The van der Waals surface area contributed by atoms with Gasteiger partial charge in [-0.05, 0) is 30.2 Å². The molecule has 0 amide bonds. The van der Waals surface area contributed by atoms with Gasteiger partial charge in [0.1, 0.15) is 18.5 Å². The number of aryl methyl sites for hydroxylation is 2. The zero-order valence-corrected chi connectivity index (χ0v) is 18.8. The number of ether oxygens (including phenoxy) is 1. The maximum Gasteiger partial charge on any atom is 0.329 e. The van der Waals surface area contributed by atoms with Crippen molar-refractivity contribution in [3.63, 3.8) is 0 Å². The number of nitrogens with one attached hydrogen (secondary N) is 2. The molecule has 0 saturated carbocycles. The smallest absolute Gasteiger partial charge is 0.329 e. The Morgan fingerprint density at radius 3 is 2.91 bits per heavy atom. The first-order valence-electron chi connectivity index (χ1n) is 10.7. The van der Waals surface area contributed by atoms with E-state index < -0.39 is 17.4 Å². The lowest BCUT2D eigenvalue weighted by Gasteiger charge is -2.15. The van der Waals surface area contributed by atoms with Crippen LogP contribution < -0.4 is 21.4 Å². The molecule has 176 valence electrons. The fourth-order valence-corrected chi connectivity index (χ4v) is 3.43. The molecule has 0 aliphatic rings. The second-order valence-corrected chi connectivity index (χ2v) is 7.66. The van der Waals surface area contributed by atoms with E-state index in [0.29, 0.717) is 5.75 Å². The second kappa shape index (κ2) is 10.1. The summed E-state index contributed by atoms with van der Waals surface area (Å²) in [5.74, 6) is 0.836. The number of aliphatic hydroxyl groups is 1. The molecule has 0 saturated heterocycles. The largest absolute Gasteiger partial charge is 0.491 e. The summed E-state index contributed by atoms with van der Waals surface area (Å²) in [6.45, 7) is 2.03. The topological polar surface area (TPSA) is 139 Å². The number of imidazole rings is 1. The minimum atomic E-state index is -0.970. The third-order valence-electron chi connectivity index (χ3n) is 5.21. The highest BCUT2D eigenvalue weighted by molar-refractivity contribution is 5.80. The Hall–Kier alpha value is -4.25.